The van der Waals surface area contributed by atoms with Crippen molar-refractivity contribution in [3.63, 3.8) is 0 Å². The lowest BCUT2D eigenvalue weighted by molar-refractivity contribution is 0.126. The summed E-state index contributed by atoms with van der Waals surface area (Å²) in [5, 5.41) is 14.1. The first-order chi connectivity index (χ1) is 12.2. The van der Waals surface area contributed by atoms with Crippen molar-refractivity contribution < 1.29 is 5.11 Å². The molecule has 1 heterocycles. The molecule has 0 amide bonds. The molecule has 0 aliphatic heterocycles. The van der Waals surface area contributed by atoms with Crippen molar-refractivity contribution >= 4 is 17.4 Å². The number of hydrogen-bond acceptors (Lipinski definition) is 4. The Labute approximate surface area is 153 Å². The van der Waals surface area contributed by atoms with E-state index in [1.165, 1.54) is 18.4 Å². The molecule has 1 aromatic carbocycles. The highest BCUT2D eigenvalue weighted by molar-refractivity contribution is 6.33. The van der Waals surface area contributed by atoms with Crippen molar-refractivity contribution in [2.75, 3.05) is 5.32 Å². The molecule has 0 radical (unpaired) electrons. The first-order valence-corrected chi connectivity index (χ1v) is 9.68. The van der Waals surface area contributed by atoms with Gasteiger partial charge in [0.15, 0.2) is 5.82 Å². The number of aliphatic hydroxyl groups is 1. The Hall–Kier alpha value is -1.65. The summed E-state index contributed by atoms with van der Waals surface area (Å²) in [4.78, 5) is 9.70. The molecule has 0 unspecified atom stereocenters. The summed E-state index contributed by atoms with van der Waals surface area (Å²) in [6.07, 6.45) is 7.98. The van der Waals surface area contributed by atoms with E-state index in [1.807, 2.05) is 24.3 Å². The largest absolute Gasteiger partial charge is 0.393 e. The minimum atomic E-state index is -0.143. The van der Waals surface area contributed by atoms with Crippen molar-refractivity contribution in [2.45, 2.75) is 63.5 Å². The number of benzene rings is 1. The number of aryl methyl sites for hydroxylation is 1. The second kappa shape index (κ2) is 7.30. The van der Waals surface area contributed by atoms with Crippen LogP contribution in [0.5, 0.6) is 0 Å². The third-order valence-corrected chi connectivity index (χ3v) is 5.67. The fourth-order valence-electron chi connectivity index (χ4n) is 3.89. The Morgan fingerprint density at radius 3 is 2.56 bits per heavy atom. The Kier molecular flexibility index (Phi) is 4.91. The van der Waals surface area contributed by atoms with E-state index in [0.29, 0.717) is 16.9 Å². The molecule has 132 valence electrons. The van der Waals surface area contributed by atoms with Gasteiger partial charge in [-0.15, -0.1) is 0 Å². The number of halogens is 1. The van der Waals surface area contributed by atoms with Gasteiger partial charge in [-0.2, -0.15) is 0 Å². The van der Waals surface area contributed by atoms with Crippen molar-refractivity contribution in [3.8, 4) is 11.4 Å². The highest BCUT2D eigenvalue weighted by atomic mass is 35.5. The van der Waals surface area contributed by atoms with Crippen LogP contribution >= 0.6 is 11.6 Å². The Morgan fingerprint density at radius 1 is 1.00 bits per heavy atom. The van der Waals surface area contributed by atoms with Gasteiger partial charge in [0.1, 0.15) is 5.82 Å². The molecule has 4 nitrogen and oxygen atoms in total. The second-order valence-corrected chi connectivity index (χ2v) is 7.57. The van der Waals surface area contributed by atoms with E-state index in [2.05, 4.69) is 5.32 Å². The van der Waals surface area contributed by atoms with Crippen LogP contribution in [0.3, 0.4) is 0 Å². The fraction of sp³-hybridized carbons (Fsp3) is 0.500. The molecule has 2 aliphatic rings. The molecule has 1 aromatic heterocycles. The standard InChI is InChI=1S/C20H24ClN3O/c21-17-7-3-1-5-15(17)19-23-18-8-4-2-6-16(18)20(24-19)22-13-9-11-14(25)12-10-13/h1,3,5,7,13-14,25H,2,4,6,8-12H2,(H,22,23,24). The highest BCUT2D eigenvalue weighted by Crippen LogP contribution is 2.32. The number of aromatic nitrogens is 2. The van der Waals surface area contributed by atoms with Crippen LogP contribution in [-0.2, 0) is 12.8 Å². The zero-order chi connectivity index (χ0) is 17.2. The fourth-order valence-corrected chi connectivity index (χ4v) is 4.11. The van der Waals surface area contributed by atoms with Gasteiger partial charge in [0.05, 0.1) is 11.1 Å². The third-order valence-electron chi connectivity index (χ3n) is 5.34. The maximum atomic E-state index is 9.74. The summed E-state index contributed by atoms with van der Waals surface area (Å²) in [6, 6.07) is 8.14. The van der Waals surface area contributed by atoms with E-state index >= 15 is 0 Å². The van der Waals surface area contributed by atoms with Gasteiger partial charge in [0.2, 0.25) is 0 Å². The van der Waals surface area contributed by atoms with Crippen molar-refractivity contribution in [1.29, 1.82) is 0 Å². The number of fused-ring (bicyclic) bond motifs is 1. The first kappa shape index (κ1) is 16.8. The third kappa shape index (κ3) is 3.65. The van der Waals surface area contributed by atoms with Crippen LogP contribution in [0.2, 0.25) is 5.02 Å². The summed E-state index contributed by atoms with van der Waals surface area (Å²) in [7, 11) is 0. The monoisotopic (exact) mass is 357 g/mol. The lowest BCUT2D eigenvalue weighted by Gasteiger charge is -2.28. The molecule has 0 spiro atoms. The molecular weight excluding hydrogens is 334 g/mol. The molecule has 2 N–H and O–H groups in total. The van der Waals surface area contributed by atoms with Crippen molar-refractivity contribution in [1.82, 2.24) is 9.97 Å². The summed E-state index contributed by atoms with van der Waals surface area (Å²) < 4.78 is 0. The number of nitrogens with zero attached hydrogens (tertiary/aromatic N) is 2. The summed E-state index contributed by atoms with van der Waals surface area (Å²) in [5.74, 6) is 1.69. The maximum absolute atomic E-state index is 9.74. The second-order valence-electron chi connectivity index (χ2n) is 7.16. The Balaban J connectivity index is 1.69. The minimum absolute atomic E-state index is 0.143. The van der Waals surface area contributed by atoms with Crippen LogP contribution in [0.1, 0.15) is 49.8 Å². The van der Waals surface area contributed by atoms with Gasteiger partial charge in [0.25, 0.3) is 0 Å². The smallest absolute Gasteiger partial charge is 0.163 e. The average molecular weight is 358 g/mol. The van der Waals surface area contributed by atoms with Crippen LogP contribution in [0.4, 0.5) is 5.82 Å². The average Bonchev–Trinajstić information content (AvgIpc) is 2.64. The topological polar surface area (TPSA) is 58.0 Å². The van der Waals surface area contributed by atoms with E-state index < -0.39 is 0 Å². The molecule has 1 fully saturated rings. The first-order valence-electron chi connectivity index (χ1n) is 9.30. The van der Waals surface area contributed by atoms with Gasteiger partial charge in [-0.05, 0) is 63.5 Å². The van der Waals surface area contributed by atoms with E-state index in [1.54, 1.807) is 0 Å². The van der Waals surface area contributed by atoms with Gasteiger partial charge >= 0.3 is 0 Å². The number of hydrogen-bond donors (Lipinski definition) is 2. The summed E-state index contributed by atoms with van der Waals surface area (Å²) in [5.41, 5.74) is 3.32. The van der Waals surface area contributed by atoms with Gasteiger partial charge in [-0.3, -0.25) is 0 Å². The molecule has 0 bridgehead atoms. The zero-order valence-corrected chi connectivity index (χ0v) is 15.1. The molecular formula is C20H24ClN3O. The predicted molar refractivity (Wildman–Crippen MR) is 101 cm³/mol. The Morgan fingerprint density at radius 2 is 1.76 bits per heavy atom. The molecule has 4 rings (SSSR count). The quantitative estimate of drug-likeness (QED) is 0.855. The number of nitrogens with one attached hydrogen (secondary N) is 1. The van der Waals surface area contributed by atoms with Crippen LogP contribution in [0, 0.1) is 0 Å². The minimum Gasteiger partial charge on any atom is -0.393 e. The van der Waals surface area contributed by atoms with Crippen LogP contribution in [0.15, 0.2) is 24.3 Å². The van der Waals surface area contributed by atoms with Crippen molar-refractivity contribution in [3.05, 3.63) is 40.5 Å². The lowest BCUT2D eigenvalue weighted by Crippen LogP contribution is -2.29. The maximum Gasteiger partial charge on any atom is 0.163 e. The van der Waals surface area contributed by atoms with Gasteiger partial charge in [0, 0.05) is 22.9 Å². The molecule has 2 aliphatic carbocycles. The summed E-state index contributed by atoms with van der Waals surface area (Å²) in [6.45, 7) is 0. The SMILES string of the molecule is OC1CCC(Nc2nc(-c3ccccc3Cl)nc3c2CCCC3)CC1. The van der Waals surface area contributed by atoms with Gasteiger partial charge < -0.3 is 10.4 Å². The molecule has 5 heteroatoms. The lowest BCUT2D eigenvalue weighted by atomic mass is 9.92. The van der Waals surface area contributed by atoms with Crippen molar-refractivity contribution in [2.24, 2.45) is 0 Å². The number of aliphatic hydroxyl groups excluding tert-OH is 1. The summed E-state index contributed by atoms with van der Waals surface area (Å²) >= 11 is 6.37. The van der Waals surface area contributed by atoms with E-state index in [4.69, 9.17) is 21.6 Å². The predicted octanol–water partition coefficient (Wildman–Crippen LogP) is 4.39. The van der Waals surface area contributed by atoms with E-state index in [-0.39, 0.29) is 6.10 Å². The molecule has 0 saturated heterocycles. The zero-order valence-electron chi connectivity index (χ0n) is 14.3. The molecule has 1 saturated carbocycles. The highest BCUT2D eigenvalue weighted by Gasteiger charge is 2.24. The number of anilines is 1. The normalized spacial score (nSPS) is 23.1. The number of rotatable bonds is 3. The molecule has 25 heavy (non-hydrogen) atoms. The van der Waals surface area contributed by atoms with Gasteiger partial charge in [-0.1, -0.05) is 23.7 Å². The molecule has 0 atom stereocenters. The molecule has 2 aromatic rings. The Bertz CT molecular complexity index is 757. The van der Waals surface area contributed by atoms with Crippen LogP contribution in [0.25, 0.3) is 11.4 Å². The van der Waals surface area contributed by atoms with Crippen LogP contribution in [-0.4, -0.2) is 27.2 Å². The van der Waals surface area contributed by atoms with E-state index in [0.717, 1.165) is 55.6 Å². The van der Waals surface area contributed by atoms with Gasteiger partial charge in [-0.25, -0.2) is 9.97 Å². The van der Waals surface area contributed by atoms with Crippen LogP contribution < -0.4 is 5.32 Å². The van der Waals surface area contributed by atoms with E-state index in [9.17, 15) is 5.11 Å².